The van der Waals surface area contributed by atoms with Gasteiger partial charge in [0.1, 0.15) is 23.7 Å². The first-order chi connectivity index (χ1) is 19.1. The number of rotatable bonds is 7. The van der Waals surface area contributed by atoms with Crippen molar-refractivity contribution in [2.24, 2.45) is 0 Å². The topological polar surface area (TPSA) is 57.9 Å². The second-order valence-corrected chi connectivity index (χ2v) is 9.53. The molecule has 1 aliphatic carbocycles. The zero-order chi connectivity index (χ0) is 26.8. The van der Waals surface area contributed by atoms with E-state index in [0.717, 1.165) is 28.0 Å². The Kier molecular flexibility index (Phi) is 6.64. The van der Waals surface area contributed by atoms with Gasteiger partial charge in [0.15, 0.2) is 16.9 Å². The first-order valence-corrected chi connectivity index (χ1v) is 12.9. The maximum atomic E-state index is 13.5. The minimum Gasteiger partial charge on any atom is -0.493 e. The van der Waals surface area contributed by atoms with Gasteiger partial charge in [0.25, 0.3) is 0 Å². The Morgan fingerprint density at radius 1 is 0.821 bits per heavy atom. The normalized spacial score (nSPS) is 14.4. The van der Waals surface area contributed by atoms with Crippen molar-refractivity contribution in [3.8, 4) is 17.2 Å². The van der Waals surface area contributed by atoms with Crippen LogP contribution in [0.5, 0.6) is 17.2 Å². The van der Waals surface area contributed by atoms with E-state index in [1.807, 2.05) is 91.0 Å². The van der Waals surface area contributed by atoms with E-state index in [2.05, 4.69) is 12.1 Å². The molecule has 0 N–H and O–H groups in total. The van der Waals surface area contributed by atoms with E-state index in [-0.39, 0.29) is 11.3 Å². The number of hydrogen-bond donors (Lipinski definition) is 0. The average molecular weight is 517 g/mol. The largest absolute Gasteiger partial charge is 0.493 e. The smallest absolute Gasteiger partial charge is 0.200 e. The lowest BCUT2D eigenvalue weighted by Crippen LogP contribution is -2.18. The predicted molar refractivity (Wildman–Crippen MR) is 154 cm³/mol. The van der Waals surface area contributed by atoms with E-state index in [1.54, 1.807) is 14.2 Å². The molecule has 1 aromatic heterocycles. The maximum Gasteiger partial charge on any atom is 0.200 e. The molecule has 0 amide bonds. The number of fused-ring (bicyclic) bond motifs is 2. The van der Waals surface area contributed by atoms with Crippen LogP contribution in [-0.4, -0.2) is 14.2 Å². The van der Waals surface area contributed by atoms with Crippen molar-refractivity contribution in [1.82, 2.24) is 0 Å². The molecule has 1 aliphatic rings. The zero-order valence-electron chi connectivity index (χ0n) is 21.8. The predicted octanol–water partition coefficient (Wildman–Crippen LogP) is 7.27. The minimum absolute atomic E-state index is 0.0204. The van der Waals surface area contributed by atoms with Gasteiger partial charge in [-0.25, -0.2) is 0 Å². The molecule has 194 valence electrons. The molecule has 5 aromatic rings. The summed E-state index contributed by atoms with van der Waals surface area (Å²) in [4.78, 5) is 13.5. The molecule has 0 unspecified atom stereocenters. The molecule has 6 rings (SSSR count). The van der Waals surface area contributed by atoms with Gasteiger partial charge in [-0.2, -0.15) is 0 Å². The fourth-order valence-electron chi connectivity index (χ4n) is 5.19. The summed E-state index contributed by atoms with van der Waals surface area (Å²) in [6.07, 6.45) is 2.53. The molecule has 5 heteroatoms. The van der Waals surface area contributed by atoms with Gasteiger partial charge < -0.3 is 18.6 Å². The highest BCUT2D eigenvalue weighted by atomic mass is 16.5. The van der Waals surface area contributed by atoms with Crippen molar-refractivity contribution in [1.29, 1.82) is 0 Å². The van der Waals surface area contributed by atoms with Crippen LogP contribution in [0.15, 0.2) is 106 Å². The highest BCUT2D eigenvalue weighted by Crippen LogP contribution is 2.43. The number of benzene rings is 4. The van der Waals surface area contributed by atoms with E-state index >= 15 is 0 Å². The monoisotopic (exact) mass is 516 g/mol. The van der Waals surface area contributed by atoms with Crippen molar-refractivity contribution in [2.75, 3.05) is 14.2 Å². The Labute approximate surface area is 226 Å². The first kappa shape index (κ1) is 24.6. The van der Waals surface area contributed by atoms with Gasteiger partial charge in [-0.3, -0.25) is 4.79 Å². The molecule has 4 aromatic carbocycles. The lowest BCUT2D eigenvalue weighted by atomic mass is 9.78. The zero-order valence-corrected chi connectivity index (χ0v) is 21.8. The van der Waals surface area contributed by atoms with Crippen LogP contribution < -0.4 is 19.6 Å². The van der Waals surface area contributed by atoms with Gasteiger partial charge >= 0.3 is 0 Å². The van der Waals surface area contributed by atoms with Crippen LogP contribution in [0.1, 0.15) is 33.9 Å². The summed E-state index contributed by atoms with van der Waals surface area (Å²) in [6.45, 7) is 0.506. The lowest BCUT2D eigenvalue weighted by Gasteiger charge is -2.27. The van der Waals surface area contributed by atoms with Gasteiger partial charge in [0, 0.05) is 12.3 Å². The fraction of sp³-hybridized carbons (Fsp3) is 0.147. The highest BCUT2D eigenvalue weighted by Gasteiger charge is 2.29. The van der Waals surface area contributed by atoms with Crippen LogP contribution in [0.2, 0.25) is 0 Å². The molecule has 0 radical (unpaired) electrons. The van der Waals surface area contributed by atoms with Crippen LogP contribution >= 0.6 is 0 Å². The van der Waals surface area contributed by atoms with E-state index in [9.17, 15) is 4.79 Å². The molecule has 5 nitrogen and oxygen atoms in total. The van der Waals surface area contributed by atoms with Crippen molar-refractivity contribution in [3.05, 3.63) is 135 Å². The third kappa shape index (κ3) is 4.79. The van der Waals surface area contributed by atoms with Crippen LogP contribution in [0.3, 0.4) is 0 Å². The van der Waals surface area contributed by atoms with Crippen LogP contribution in [0.4, 0.5) is 0 Å². The molecular weight excluding hydrogens is 488 g/mol. The highest BCUT2D eigenvalue weighted by molar-refractivity contribution is 5.91. The number of methoxy groups -OCH3 is 2. The van der Waals surface area contributed by atoms with Crippen molar-refractivity contribution in [2.45, 2.75) is 18.9 Å². The SMILES string of the molecule is COc1ccc(C2=Cc3c(oc4ccccc4c3=O)C[C@@H]2c2ccc(OCc3ccccc3)cc2)cc1OC. The van der Waals surface area contributed by atoms with Crippen LogP contribution in [-0.2, 0) is 13.0 Å². The molecule has 0 saturated heterocycles. The second kappa shape index (κ2) is 10.5. The third-order valence-corrected chi connectivity index (χ3v) is 7.22. The minimum atomic E-state index is -0.0388. The molecule has 0 bridgehead atoms. The summed E-state index contributed by atoms with van der Waals surface area (Å²) < 4.78 is 23.3. The Bertz CT molecular complexity index is 1720. The number of allylic oxidation sites excluding steroid dienone is 1. The number of hydrogen-bond acceptors (Lipinski definition) is 5. The molecule has 0 aliphatic heterocycles. The summed E-state index contributed by atoms with van der Waals surface area (Å²) in [5, 5.41) is 0.581. The summed E-state index contributed by atoms with van der Waals surface area (Å²) >= 11 is 0. The van der Waals surface area contributed by atoms with Crippen molar-refractivity contribution >= 4 is 22.6 Å². The molecule has 39 heavy (non-hydrogen) atoms. The summed E-state index contributed by atoms with van der Waals surface area (Å²) in [5.41, 5.74) is 5.37. The summed E-state index contributed by atoms with van der Waals surface area (Å²) in [5.74, 6) is 2.74. The van der Waals surface area contributed by atoms with Gasteiger partial charge in [0.05, 0.1) is 25.2 Å². The standard InChI is InChI=1S/C34H28O5/c1-36-31-17-14-24(18-33(31)37-2)27-19-29-32(39-30-11-7-6-10-26(30)34(29)35)20-28(27)23-12-15-25(16-13-23)38-21-22-8-4-3-5-9-22/h3-19,28H,20-21H2,1-2H3/t28-/m1/s1. The van der Waals surface area contributed by atoms with E-state index in [0.29, 0.717) is 46.8 Å². The molecule has 0 saturated carbocycles. The Morgan fingerprint density at radius 2 is 1.56 bits per heavy atom. The van der Waals surface area contributed by atoms with Crippen LogP contribution in [0.25, 0.3) is 22.6 Å². The van der Waals surface area contributed by atoms with Crippen LogP contribution in [0, 0.1) is 0 Å². The molecule has 1 atom stereocenters. The van der Waals surface area contributed by atoms with Crippen molar-refractivity contribution < 1.29 is 18.6 Å². The van der Waals surface area contributed by atoms with E-state index in [4.69, 9.17) is 18.6 Å². The van der Waals surface area contributed by atoms with E-state index < -0.39 is 0 Å². The van der Waals surface area contributed by atoms with E-state index in [1.165, 1.54) is 0 Å². The second-order valence-electron chi connectivity index (χ2n) is 9.53. The third-order valence-electron chi connectivity index (χ3n) is 7.22. The molecule has 0 fully saturated rings. The number of para-hydroxylation sites is 1. The maximum absolute atomic E-state index is 13.5. The van der Waals surface area contributed by atoms with Gasteiger partial charge in [0.2, 0.25) is 0 Å². The van der Waals surface area contributed by atoms with Gasteiger partial charge in [-0.15, -0.1) is 0 Å². The fourth-order valence-corrected chi connectivity index (χ4v) is 5.19. The summed E-state index contributed by atoms with van der Waals surface area (Å²) in [6, 6.07) is 31.5. The molecule has 0 spiro atoms. The van der Waals surface area contributed by atoms with Crippen molar-refractivity contribution in [3.63, 3.8) is 0 Å². The first-order valence-electron chi connectivity index (χ1n) is 12.9. The average Bonchev–Trinajstić information content (AvgIpc) is 3.00. The number of ether oxygens (including phenoxy) is 3. The molecular formula is C34H28O5. The Hall–Kier alpha value is -4.77. The molecule has 1 heterocycles. The quantitative estimate of drug-likeness (QED) is 0.228. The Morgan fingerprint density at radius 3 is 2.33 bits per heavy atom. The van der Waals surface area contributed by atoms with Gasteiger partial charge in [-0.1, -0.05) is 60.7 Å². The summed E-state index contributed by atoms with van der Waals surface area (Å²) in [7, 11) is 3.24. The Balaban J connectivity index is 1.41. The lowest BCUT2D eigenvalue weighted by molar-refractivity contribution is 0.306. The van der Waals surface area contributed by atoms with Gasteiger partial charge in [-0.05, 0) is 64.7 Å².